The van der Waals surface area contributed by atoms with Crippen LogP contribution >= 0.6 is 0 Å². The SMILES string of the molecule is CC1CCCN(c2nccc(NCc3ccccn3)n2)C1. The van der Waals surface area contributed by atoms with Crippen LogP contribution in [0, 0.1) is 5.92 Å². The maximum absolute atomic E-state index is 4.62. The molecule has 5 nitrogen and oxygen atoms in total. The van der Waals surface area contributed by atoms with Gasteiger partial charge in [0.15, 0.2) is 0 Å². The van der Waals surface area contributed by atoms with Crippen molar-refractivity contribution in [2.45, 2.75) is 26.3 Å². The fourth-order valence-electron chi connectivity index (χ4n) is 2.65. The highest BCUT2D eigenvalue weighted by Crippen LogP contribution is 2.20. The molecule has 0 saturated carbocycles. The summed E-state index contributed by atoms with van der Waals surface area (Å²) >= 11 is 0. The Labute approximate surface area is 125 Å². The Kier molecular flexibility index (Phi) is 4.28. The van der Waals surface area contributed by atoms with Crippen LogP contribution in [0.15, 0.2) is 36.7 Å². The van der Waals surface area contributed by atoms with Gasteiger partial charge in [-0.15, -0.1) is 0 Å². The Morgan fingerprint density at radius 3 is 3.00 bits per heavy atom. The van der Waals surface area contributed by atoms with Crippen LogP contribution in [0.4, 0.5) is 11.8 Å². The maximum Gasteiger partial charge on any atom is 0.227 e. The largest absolute Gasteiger partial charge is 0.364 e. The number of hydrogen-bond donors (Lipinski definition) is 1. The fourth-order valence-corrected chi connectivity index (χ4v) is 2.65. The highest BCUT2D eigenvalue weighted by Gasteiger charge is 2.18. The number of hydrogen-bond acceptors (Lipinski definition) is 5. The third-order valence-corrected chi connectivity index (χ3v) is 3.76. The van der Waals surface area contributed by atoms with Gasteiger partial charge in [-0.3, -0.25) is 4.98 Å². The van der Waals surface area contributed by atoms with E-state index in [1.807, 2.05) is 30.5 Å². The first-order valence-corrected chi connectivity index (χ1v) is 7.53. The summed E-state index contributed by atoms with van der Waals surface area (Å²) in [5, 5.41) is 3.31. The Morgan fingerprint density at radius 2 is 2.19 bits per heavy atom. The Bertz CT molecular complexity index is 572. The van der Waals surface area contributed by atoms with Gasteiger partial charge >= 0.3 is 0 Å². The smallest absolute Gasteiger partial charge is 0.227 e. The zero-order chi connectivity index (χ0) is 14.5. The number of aromatic nitrogens is 3. The second-order valence-electron chi connectivity index (χ2n) is 5.61. The number of rotatable bonds is 4. The second kappa shape index (κ2) is 6.52. The minimum Gasteiger partial charge on any atom is -0.364 e. The van der Waals surface area contributed by atoms with Crippen LogP contribution < -0.4 is 10.2 Å². The average Bonchev–Trinajstić information content (AvgIpc) is 2.54. The van der Waals surface area contributed by atoms with E-state index in [1.54, 1.807) is 6.20 Å². The molecule has 1 N–H and O–H groups in total. The van der Waals surface area contributed by atoms with Crippen LogP contribution in [-0.4, -0.2) is 28.0 Å². The molecule has 1 atom stereocenters. The van der Waals surface area contributed by atoms with Gasteiger partial charge < -0.3 is 10.2 Å². The standard InChI is InChI=1S/C16H21N5/c1-13-5-4-10-21(12-13)16-18-9-7-15(20-16)19-11-14-6-2-3-8-17-14/h2-3,6-9,13H,4-5,10-12H2,1H3,(H,18,19,20). The highest BCUT2D eigenvalue weighted by molar-refractivity contribution is 5.41. The van der Waals surface area contributed by atoms with Crippen molar-refractivity contribution in [3.8, 4) is 0 Å². The lowest BCUT2D eigenvalue weighted by atomic mass is 10.0. The van der Waals surface area contributed by atoms with Crippen LogP contribution in [0.5, 0.6) is 0 Å². The molecule has 0 aromatic carbocycles. The lowest BCUT2D eigenvalue weighted by Crippen LogP contribution is -2.35. The molecule has 1 fully saturated rings. The van der Waals surface area contributed by atoms with Gasteiger partial charge in [-0.2, -0.15) is 4.98 Å². The van der Waals surface area contributed by atoms with E-state index in [2.05, 4.69) is 32.1 Å². The van der Waals surface area contributed by atoms with E-state index < -0.39 is 0 Å². The molecule has 3 rings (SSSR count). The second-order valence-corrected chi connectivity index (χ2v) is 5.61. The van der Waals surface area contributed by atoms with Crippen molar-refractivity contribution in [2.24, 2.45) is 5.92 Å². The van der Waals surface area contributed by atoms with E-state index in [-0.39, 0.29) is 0 Å². The van der Waals surface area contributed by atoms with Crippen molar-refractivity contribution in [2.75, 3.05) is 23.3 Å². The van der Waals surface area contributed by atoms with Crippen molar-refractivity contribution < 1.29 is 0 Å². The molecule has 110 valence electrons. The van der Waals surface area contributed by atoms with Crippen LogP contribution in [0.2, 0.25) is 0 Å². The van der Waals surface area contributed by atoms with Crippen LogP contribution in [0.1, 0.15) is 25.5 Å². The normalized spacial score (nSPS) is 18.5. The molecule has 1 unspecified atom stereocenters. The first kappa shape index (κ1) is 13.8. The Hall–Kier alpha value is -2.17. The molecule has 0 radical (unpaired) electrons. The van der Waals surface area contributed by atoms with E-state index in [0.29, 0.717) is 12.5 Å². The van der Waals surface area contributed by atoms with Gasteiger partial charge in [0.25, 0.3) is 0 Å². The summed E-state index contributed by atoms with van der Waals surface area (Å²) in [7, 11) is 0. The van der Waals surface area contributed by atoms with Gasteiger partial charge in [-0.1, -0.05) is 13.0 Å². The molecule has 2 aromatic rings. The average molecular weight is 283 g/mol. The molecule has 3 heterocycles. The van der Waals surface area contributed by atoms with E-state index in [4.69, 9.17) is 0 Å². The van der Waals surface area contributed by atoms with E-state index in [0.717, 1.165) is 30.5 Å². The molecule has 0 aliphatic carbocycles. The molecule has 0 amide bonds. The monoisotopic (exact) mass is 283 g/mol. The van der Waals surface area contributed by atoms with Gasteiger partial charge in [0, 0.05) is 25.5 Å². The molecular formula is C16H21N5. The highest BCUT2D eigenvalue weighted by atomic mass is 15.3. The number of nitrogens with one attached hydrogen (secondary N) is 1. The summed E-state index contributed by atoms with van der Waals surface area (Å²) in [6.07, 6.45) is 6.14. The quantitative estimate of drug-likeness (QED) is 0.935. The van der Waals surface area contributed by atoms with Gasteiger partial charge in [0.05, 0.1) is 12.2 Å². The summed E-state index contributed by atoms with van der Waals surface area (Å²) in [4.78, 5) is 15.6. The van der Waals surface area contributed by atoms with E-state index in [9.17, 15) is 0 Å². The van der Waals surface area contributed by atoms with Gasteiger partial charge in [0.2, 0.25) is 5.95 Å². The molecule has 1 saturated heterocycles. The number of piperidine rings is 1. The fraction of sp³-hybridized carbons (Fsp3) is 0.438. The number of nitrogens with zero attached hydrogens (tertiary/aromatic N) is 4. The van der Waals surface area contributed by atoms with Crippen molar-refractivity contribution in [1.29, 1.82) is 0 Å². The molecule has 0 bridgehead atoms. The molecule has 0 spiro atoms. The summed E-state index contributed by atoms with van der Waals surface area (Å²) in [5.74, 6) is 2.39. The predicted octanol–water partition coefficient (Wildman–Crippen LogP) is 2.72. The third-order valence-electron chi connectivity index (χ3n) is 3.76. The van der Waals surface area contributed by atoms with Gasteiger partial charge in [-0.05, 0) is 37.0 Å². The lowest BCUT2D eigenvalue weighted by molar-refractivity contribution is 0.442. The molecule has 21 heavy (non-hydrogen) atoms. The summed E-state index contributed by atoms with van der Waals surface area (Å²) in [6, 6.07) is 7.82. The number of pyridine rings is 1. The van der Waals surface area contributed by atoms with Gasteiger partial charge in [-0.25, -0.2) is 4.98 Å². The third kappa shape index (κ3) is 3.68. The minimum atomic E-state index is 0.674. The first-order chi connectivity index (χ1) is 10.3. The number of anilines is 2. The Balaban J connectivity index is 1.65. The zero-order valence-electron chi connectivity index (χ0n) is 12.4. The van der Waals surface area contributed by atoms with Crippen molar-refractivity contribution in [3.63, 3.8) is 0 Å². The molecule has 1 aliphatic rings. The van der Waals surface area contributed by atoms with Crippen LogP contribution in [-0.2, 0) is 6.54 Å². The first-order valence-electron chi connectivity index (χ1n) is 7.53. The van der Waals surface area contributed by atoms with Crippen molar-refractivity contribution in [1.82, 2.24) is 15.0 Å². The minimum absolute atomic E-state index is 0.674. The summed E-state index contributed by atoms with van der Waals surface area (Å²) < 4.78 is 0. The van der Waals surface area contributed by atoms with Crippen molar-refractivity contribution in [3.05, 3.63) is 42.4 Å². The zero-order valence-corrected chi connectivity index (χ0v) is 12.4. The Morgan fingerprint density at radius 1 is 1.24 bits per heavy atom. The molecular weight excluding hydrogens is 262 g/mol. The predicted molar refractivity (Wildman–Crippen MR) is 84.2 cm³/mol. The molecule has 1 aliphatic heterocycles. The molecule has 2 aromatic heterocycles. The van der Waals surface area contributed by atoms with E-state index in [1.165, 1.54) is 12.8 Å². The van der Waals surface area contributed by atoms with Crippen LogP contribution in [0.25, 0.3) is 0 Å². The van der Waals surface area contributed by atoms with Crippen molar-refractivity contribution >= 4 is 11.8 Å². The topological polar surface area (TPSA) is 53.9 Å². The molecule has 5 heteroatoms. The van der Waals surface area contributed by atoms with Crippen LogP contribution in [0.3, 0.4) is 0 Å². The maximum atomic E-state index is 4.62. The van der Waals surface area contributed by atoms with E-state index >= 15 is 0 Å². The summed E-state index contributed by atoms with van der Waals surface area (Å²) in [5.41, 5.74) is 1.00. The lowest BCUT2D eigenvalue weighted by Gasteiger charge is -2.30. The van der Waals surface area contributed by atoms with Gasteiger partial charge in [0.1, 0.15) is 5.82 Å². The summed E-state index contributed by atoms with van der Waals surface area (Å²) in [6.45, 7) is 5.06.